The molecule has 1 amide bonds. The molecule has 2 rings (SSSR count). The highest BCUT2D eigenvalue weighted by Gasteiger charge is 2.16. The molecule has 0 bridgehead atoms. The molecule has 0 unspecified atom stereocenters. The Morgan fingerprint density at radius 1 is 1.53 bits per heavy atom. The Bertz CT molecular complexity index is 455. The number of carbonyl (C=O) groups excluding carboxylic acids is 2. The second-order valence-electron chi connectivity index (χ2n) is 4.26. The van der Waals surface area contributed by atoms with Crippen LogP contribution in [-0.2, 0) is 20.7 Å². The number of hydrogen-bond donors (Lipinski definition) is 1. The number of carbonyl (C=O) groups is 2. The third-order valence-electron chi connectivity index (χ3n) is 2.92. The van der Waals surface area contributed by atoms with E-state index in [4.69, 9.17) is 4.74 Å². The van der Waals surface area contributed by atoms with Crippen LogP contribution < -0.4 is 10.2 Å². The van der Waals surface area contributed by atoms with Crippen molar-refractivity contribution in [1.82, 2.24) is 10.3 Å². The first-order valence-electron chi connectivity index (χ1n) is 6.22. The number of ether oxygens (including phenoxy) is 1. The van der Waals surface area contributed by atoms with Crippen LogP contribution in [0.4, 0.5) is 5.13 Å². The molecule has 1 aromatic heterocycles. The predicted molar refractivity (Wildman–Crippen MR) is 72.7 cm³/mol. The van der Waals surface area contributed by atoms with E-state index in [-0.39, 0.29) is 0 Å². The molecule has 1 aliphatic rings. The van der Waals surface area contributed by atoms with E-state index in [1.807, 2.05) is 6.92 Å². The van der Waals surface area contributed by atoms with Gasteiger partial charge in [-0.25, -0.2) is 4.98 Å². The van der Waals surface area contributed by atoms with E-state index in [1.54, 1.807) is 11.3 Å². The van der Waals surface area contributed by atoms with Gasteiger partial charge in [0.1, 0.15) is 0 Å². The third-order valence-corrected chi connectivity index (χ3v) is 4.20. The first-order chi connectivity index (χ1) is 9.20. The van der Waals surface area contributed by atoms with Crippen molar-refractivity contribution >= 4 is 28.7 Å². The minimum atomic E-state index is -0.574. The molecule has 1 N–H and O–H groups in total. The van der Waals surface area contributed by atoms with Crippen LogP contribution in [0.1, 0.15) is 10.6 Å². The smallest absolute Gasteiger partial charge is 0.284 e. The van der Waals surface area contributed by atoms with Gasteiger partial charge < -0.3 is 15.0 Å². The number of hydrogen-bond acceptors (Lipinski definition) is 6. The summed E-state index contributed by atoms with van der Waals surface area (Å²) in [4.78, 5) is 28.9. The zero-order valence-electron chi connectivity index (χ0n) is 10.8. The highest BCUT2D eigenvalue weighted by atomic mass is 32.1. The van der Waals surface area contributed by atoms with E-state index in [1.165, 1.54) is 0 Å². The molecule has 0 aromatic carbocycles. The molecule has 0 spiro atoms. The lowest BCUT2D eigenvalue weighted by Gasteiger charge is -2.26. The molecule has 1 aromatic rings. The second-order valence-corrected chi connectivity index (χ2v) is 5.33. The number of morpholine rings is 1. The van der Waals surface area contributed by atoms with E-state index < -0.39 is 5.91 Å². The predicted octanol–water partition coefficient (Wildman–Crippen LogP) is 0.146. The maximum atomic E-state index is 10.8. The van der Waals surface area contributed by atoms with Crippen LogP contribution in [-0.4, -0.2) is 50.0 Å². The fourth-order valence-corrected chi connectivity index (χ4v) is 2.99. The fourth-order valence-electron chi connectivity index (χ4n) is 1.88. The Balaban J connectivity index is 1.92. The molecule has 1 saturated heterocycles. The monoisotopic (exact) mass is 283 g/mol. The van der Waals surface area contributed by atoms with Crippen LogP contribution in [0.5, 0.6) is 0 Å². The van der Waals surface area contributed by atoms with Gasteiger partial charge in [0.25, 0.3) is 5.91 Å². The van der Waals surface area contributed by atoms with Crippen LogP contribution in [0.3, 0.4) is 0 Å². The van der Waals surface area contributed by atoms with Gasteiger partial charge in [0, 0.05) is 30.9 Å². The van der Waals surface area contributed by atoms with Gasteiger partial charge in [-0.15, -0.1) is 11.3 Å². The summed E-state index contributed by atoms with van der Waals surface area (Å²) < 4.78 is 5.32. The molecule has 0 saturated carbocycles. The number of aldehydes is 1. The van der Waals surface area contributed by atoms with Gasteiger partial charge >= 0.3 is 0 Å². The average Bonchev–Trinajstić information content (AvgIpc) is 2.81. The van der Waals surface area contributed by atoms with Crippen LogP contribution >= 0.6 is 11.3 Å². The zero-order chi connectivity index (χ0) is 13.7. The van der Waals surface area contributed by atoms with Gasteiger partial charge in [-0.05, 0) is 6.92 Å². The second kappa shape index (κ2) is 6.63. The number of rotatable bonds is 5. The van der Waals surface area contributed by atoms with E-state index in [9.17, 15) is 9.59 Å². The largest absolute Gasteiger partial charge is 0.378 e. The van der Waals surface area contributed by atoms with Crippen molar-refractivity contribution in [2.75, 3.05) is 37.7 Å². The molecule has 0 aliphatic carbocycles. The minimum absolute atomic E-state index is 0.290. The highest BCUT2D eigenvalue weighted by Crippen LogP contribution is 2.26. The summed E-state index contributed by atoms with van der Waals surface area (Å²) >= 11 is 1.64. The van der Waals surface area contributed by atoms with Gasteiger partial charge in [0.05, 0.1) is 18.9 Å². The minimum Gasteiger partial charge on any atom is -0.378 e. The zero-order valence-corrected chi connectivity index (χ0v) is 11.7. The molecule has 19 heavy (non-hydrogen) atoms. The average molecular weight is 283 g/mol. The molecule has 7 heteroatoms. The van der Waals surface area contributed by atoms with Crippen molar-refractivity contribution < 1.29 is 14.3 Å². The molecule has 6 nitrogen and oxygen atoms in total. The van der Waals surface area contributed by atoms with E-state index in [0.717, 1.165) is 42.0 Å². The van der Waals surface area contributed by atoms with E-state index >= 15 is 0 Å². The molecule has 2 heterocycles. The molecule has 1 aliphatic heterocycles. The summed E-state index contributed by atoms with van der Waals surface area (Å²) in [5, 5.41) is 3.55. The number of amides is 1. The van der Waals surface area contributed by atoms with Gasteiger partial charge in [-0.3, -0.25) is 9.59 Å². The lowest BCUT2D eigenvalue weighted by molar-refractivity contribution is -0.131. The summed E-state index contributed by atoms with van der Waals surface area (Å²) in [6, 6.07) is 0. The number of nitrogens with one attached hydrogen (secondary N) is 1. The van der Waals surface area contributed by atoms with Crippen molar-refractivity contribution in [3.05, 3.63) is 10.6 Å². The van der Waals surface area contributed by atoms with Gasteiger partial charge in [0.2, 0.25) is 6.29 Å². The van der Waals surface area contributed by atoms with Crippen molar-refractivity contribution in [1.29, 1.82) is 0 Å². The number of aromatic nitrogens is 1. The Morgan fingerprint density at radius 3 is 2.95 bits per heavy atom. The van der Waals surface area contributed by atoms with Crippen LogP contribution in [0.25, 0.3) is 0 Å². The van der Waals surface area contributed by atoms with Crippen LogP contribution in [0.2, 0.25) is 0 Å². The number of thiazole rings is 1. The van der Waals surface area contributed by atoms with Crippen LogP contribution in [0.15, 0.2) is 0 Å². The summed E-state index contributed by atoms with van der Waals surface area (Å²) in [5.41, 5.74) is 0.992. The summed E-state index contributed by atoms with van der Waals surface area (Å²) in [6.07, 6.45) is 0.992. The SMILES string of the molecule is Cc1nc(N2CCOCC2)sc1CCNC(=O)C=O. The maximum Gasteiger partial charge on any atom is 0.284 e. The van der Waals surface area contributed by atoms with E-state index in [2.05, 4.69) is 15.2 Å². The molecule has 0 atom stereocenters. The topological polar surface area (TPSA) is 71.5 Å². The van der Waals surface area contributed by atoms with Crippen molar-refractivity contribution in [3.8, 4) is 0 Å². The molecular weight excluding hydrogens is 266 g/mol. The van der Waals surface area contributed by atoms with Gasteiger partial charge in [-0.1, -0.05) is 0 Å². The van der Waals surface area contributed by atoms with Gasteiger partial charge in [-0.2, -0.15) is 0 Å². The Morgan fingerprint density at radius 2 is 2.26 bits per heavy atom. The number of anilines is 1. The Hall–Kier alpha value is -1.47. The molecule has 104 valence electrons. The summed E-state index contributed by atoms with van der Waals surface area (Å²) in [7, 11) is 0. The lowest BCUT2D eigenvalue weighted by atomic mass is 10.3. The molecular formula is C12H17N3O3S. The Labute approximate surface area is 115 Å². The van der Waals surface area contributed by atoms with Gasteiger partial charge in [0.15, 0.2) is 5.13 Å². The van der Waals surface area contributed by atoms with Crippen molar-refractivity contribution in [2.24, 2.45) is 0 Å². The number of aryl methyl sites for hydroxylation is 1. The highest BCUT2D eigenvalue weighted by molar-refractivity contribution is 7.15. The molecule has 1 fully saturated rings. The Kier molecular flexibility index (Phi) is 4.86. The normalized spacial score (nSPS) is 15.3. The van der Waals surface area contributed by atoms with Crippen molar-refractivity contribution in [2.45, 2.75) is 13.3 Å². The maximum absolute atomic E-state index is 10.8. The first-order valence-corrected chi connectivity index (χ1v) is 7.04. The standard InChI is InChI=1S/C12H17N3O3S/c1-9-10(2-3-13-11(17)8-16)19-12(14-9)15-4-6-18-7-5-15/h8H,2-7H2,1H3,(H,13,17). The number of nitrogens with zero attached hydrogens (tertiary/aromatic N) is 2. The fraction of sp³-hybridized carbons (Fsp3) is 0.583. The van der Waals surface area contributed by atoms with Crippen LogP contribution in [0, 0.1) is 6.92 Å². The lowest BCUT2D eigenvalue weighted by Crippen LogP contribution is -2.36. The first kappa shape index (κ1) is 14.0. The summed E-state index contributed by atoms with van der Waals surface area (Å²) in [5.74, 6) is -0.574. The third kappa shape index (κ3) is 3.74. The van der Waals surface area contributed by atoms with Crippen molar-refractivity contribution in [3.63, 3.8) is 0 Å². The summed E-state index contributed by atoms with van der Waals surface area (Å²) in [6.45, 7) is 5.65. The van der Waals surface area contributed by atoms with E-state index in [0.29, 0.717) is 19.3 Å². The molecule has 0 radical (unpaired) electrons. The quantitative estimate of drug-likeness (QED) is 0.615.